The van der Waals surface area contributed by atoms with Crippen molar-refractivity contribution in [1.82, 2.24) is 15.1 Å². The Hall–Kier alpha value is -2.05. The quantitative estimate of drug-likeness (QED) is 0.750. The van der Waals surface area contributed by atoms with E-state index in [0.717, 1.165) is 18.5 Å². The van der Waals surface area contributed by atoms with Crippen molar-refractivity contribution < 1.29 is 9.59 Å². The summed E-state index contributed by atoms with van der Waals surface area (Å²) in [6.07, 6.45) is 2.35. The number of H-pyrrole nitrogens is 1. The van der Waals surface area contributed by atoms with Crippen LogP contribution in [0.4, 0.5) is 5.69 Å². The second-order valence-corrected chi connectivity index (χ2v) is 5.47. The van der Waals surface area contributed by atoms with Gasteiger partial charge in [-0.1, -0.05) is 13.8 Å². The summed E-state index contributed by atoms with van der Waals surface area (Å²) in [5.74, 6) is -0.650. The SMILES string of the molecule is CC(C)c1[nH]nc(C(=O)N2CCCCC2C(N)=O)c1N. The number of anilines is 1. The lowest BCUT2D eigenvalue weighted by molar-refractivity contribution is -0.123. The summed E-state index contributed by atoms with van der Waals surface area (Å²) >= 11 is 0. The van der Waals surface area contributed by atoms with Crippen LogP contribution in [-0.2, 0) is 4.79 Å². The minimum Gasteiger partial charge on any atom is -0.395 e. The van der Waals surface area contributed by atoms with E-state index in [1.165, 1.54) is 4.90 Å². The summed E-state index contributed by atoms with van der Waals surface area (Å²) in [7, 11) is 0. The number of nitrogens with zero attached hydrogens (tertiary/aromatic N) is 2. The third-order valence-electron chi connectivity index (χ3n) is 3.71. The van der Waals surface area contributed by atoms with Crippen molar-refractivity contribution in [3.63, 3.8) is 0 Å². The lowest BCUT2D eigenvalue weighted by atomic mass is 10.0. The van der Waals surface area contributed by atoms with Crippen LogP contribution < -0.4 is 11.5 Å². The van der Waals surface area contributed by atoms with Crippen LogP contribution in [0.5, 0.6) is 0 Å². The number of carbonyl (C=O) groups excluding carboxylic acids is 2. The van der Waals surface area contributed by atoms with Gasteiger partial charge in [0.1, 0.15) is 6.04 Å². The zero-order valence-corrected chi connectivity index (χ0v) is 11.8. The molecule has 0 bridgehead atoms. The summed E-state index contributed by atoms with van der Waals surface area (Å²) in [5, 5.41) is 6.81. The predicted molar refractivity (Wildman–Crippen MR) is 75.0 cm³/mol. The Labute approximate surface area is 117 Å². The van der Waals surface area contributed by atoms with E-state index in [-0.39, 0.29) is 17.5 Å². The number of nitrogen functional groups attached to an aromatic ring is 1. The van der Waals surface area contributed by atoms with Gasteiger partial charge in [0, 0.05) is 6.54 Å². The number of rotatable bonds is 3. The zero-order chi connectivity index (χ0) is 14.9. The Morgan fingerprint density at radius 2 is 2.10 bits per heavy atom. The molecule has 1 aromatic rings. The van der Waals surface area contributed by atoms with Crippen LogP contribution in [-0.4, -0.2) is 39.5 Å². The lowest BCUT2D eigenvalue weighted by Gasteiger charge is -2.33. The van der Waals surface area contributed by atoms with Crippen LogP contribution in [0.3, 0.4) is 0 Å². The van der Waals surface area contributed by atoms with E-state index >= 15 is 0 Å². The molecule has 0 aliphatic carbocycles. The highest BCUT2D eigenvalue weighted by atomic mass is 16.2. The Kier molecular flexibility index (Phi) is 3.96. The van der Waals surface area contributed by atoms with E-state index < -0.39 is 11.9 Å². The number of likely N-dealkylation sites (tertiary alicyclic amines) is 1. The highest BCUT2D eigenvalue weighted by Crippen LogP contribution is 2.25. The van der Waals surface area contributed by atoms with Gasteiger partial charge in [0.25, 0.3) is 5.91 Å². The summed E-state index contributed by atoms with van der Waals surface area (Å²) in [5.41, 5.74) is 12.6. The molecule has 0 spiro atoms. The van der Waals surface area contributed by atoms with Crippen molar-refractivity contribution in [3.8, 4) is 0 Å². The first-order chi connectivity index (χ1) is 9.43. The summed E-state index contributed by atoms with van der Waals surface area (Å²) < 4.78 is 0. The van der Waals surface area contributed by atoms with Crippen molar-refractivity contribution >= 4 is 17.5 Å². The highest BCUT2D eigenvalue weighted by Gasteiger charge is 2.33. The first kappa shape index (κ1) is 14.4. The number of aromatic amines is 1. The first-order valence-corrected chi connectivity index (χ1v) is 6.87. The number of carbonyl (C=O) groups is 2. The third-order valence-corrected chi connectivity index (χ3v) is 3.71. The highest BCUT2D eigenvalue weighted by molar-refractivity contribution is 6.00. The van der Waals surface area contributed by atoms with Gasteiger partial charge < -0.3 is 16.4 Å². The number of amides is 2. The molecule has 1 aromatic heterocycles. The Morgan fingerprint density at radius 1 is 1.40 bits per heavy atom. The fourth-order valence-corrected chi connectivity index (χ4v) is 2.57. The van der Waals surface area contributed by atoms with Crippen molar-refractivity contribution in [2.24, 2.45) is 5.73 Å². The van der Waals surface area contributed by atoms with Gasteiger partial charge in [0.2, 0.25) is 5.91 Å². The summed E-state index contributed by atoms with van der Waals surface area (Å²) in [4.78, 5) is 25.5. The first-order valence-electron chi connectivity index (χ1n) is 6.87. The van der Waals surface area contributed by atoms with Gasteiger partial charge in [-0.25, -0.2) is 0 Å². The Morgan fingerprint density at radius 3 is 2.65 bits per heavy atom. The van der Waals surface area contributed by atoms with Gasteiger partial charge in [0.05, 0.1) is 11.4 Å². The number of primary amides is 1. The molecule has 2 heterocycles. The second-order valence-electron chi connectivity index (χ2n) is 5.47. The zero-order valence-electron chi connectivity index (χ0n) is 11.8. The van der Waals surface area contributed by atoms with E-state index in [4.69, 9.17) is 11.5 Å². The van der Waals surface area contributed by atoms with Gasteiger partial charge >= 0.3 is 0 Å². The predicted octanol–water partition coefficient (Wildman–Crippen LogP) is 0.595. The lowest BCUT2D eigenvalue weighted by Crippen LogP contribution is -2.50. The van der Waals surface area contributed by atoms with Crippen molar-refractivity contribution in [2.45, 2.75) is 45.1 Å². The number of hydrogen-bond donors (Lipinski definition) is 3. The van der Waals surface area contributed by atoms with Gasteiger partial charge in [0.15, 0.2) is 5.69 Å². The number of piperidine rings is 1. The van der Waals surface area contributed by atoms with Crippen LogP contribution in [0, 0.1) is 0 Å². The van der Waals surface area contributed by atoms with Crippen molar-refractivity contribution in [3.05, 3.63) is 11.4 Å². The molecule has 7 heteroatoms. The Balaban J connectivity index is 2.28. The molecule has 2 amide bonds. The third kappa shape index (κ3) is 2.48. The normalized spacial score (nSPS) is 19.4. The molecule has 0 radical (unpaired) electrons. The maximum Gasteiger partial charge on any atom is 0.277 e. The van der Waals surface area contributed by atoms with Crippen LogP contribution in [0.2, 0.25) is 0 Å². The van der Waals surface area contributed by atoms with Gasteiger partial charge in [-0.2, -0.15) is 5.10 Å². The molecule has 7 nitrogen and oxygen atoms in total. The van der Waals surface area contributed by atoms with E-state index in [2.05, 4.69) is 10.2 Å². The molecule has 5 N–H and O–H groups in total. The minimum atomic E-state index is -0.560. The molecule has 1 aliphatic rings. The summed E-state index contributed by atoms with van der Waals surface area (Å²) in [6, 6.07) is -0.560. The fraction of sp³-hybridized carbons (Fsp3) is 0.615. The van der Waals surface area contributed by atoms with E-state index in [0.29, 0.717) is 18.7 Å². The molecule has 110 valence electrons. The van der Waals surface area contributed by atoms with E-state index in [9.17, 15) is 9.59 Å². The maximum absolute atomic E-state index is 12.5. The van der Waals surface area contributed by atoms with Gasteiger partial charge in [-0.05, 0) is 25.2 Å². The minimum absolute atomic E-state index is 0.150. The fourth-order valence-electron chi connectivity index (χ4n) is 2.57. The molecule has 20 heavy (non-hydrogen) atoms. The van der Waals surface area contributed by atoms with Crippen molar-refractivity contribution in [1.29, 1.82) is 0 Å². The summed E-state index contributed by atoms with van der Waals surface area (Å²) in [6.45, 7) is 4.44. The van der Waals surface area contributed by atoms with Gasteiger partial charge in [-0.15, -0.1) is 0 Å². The molecule has 0 aromatic carbocycles. The monoisotopic (exact) mass is 279 g/mol. The van der Waals surface area contributed by atoms with E-state index in [1.807, 2.05) is 13.8 Å². The average molecular weight is 279 g/mol. The van der Waals surface area contributed by atoms with Crippen LogP contribution >= 0.6 is 0 Å². The number of aromatic nitrogens is 2. The molecule has 1 atom stereocenters. The molecule has 0 saturated carbocycles. The Bertz CT molecular complexity index is 523. The standard InChI is InChI=1S/C13H21N5O2/c1-7(2)10-9(14)11(17-16-10)13(20)18-6-4-3-5-8(18)12(15)19/h7-8H,3-6,14H2,1-2H3,(H2,15,19)(H,16,17). The van der Waals surface area contributed by atoms with Crippen LogP contribution in [0.1, 0.15) is 55.2 Å². The second kappa shape index (κ2) is 5.52. The molecule has 2 rings (SSSR count). The number of hydrogen-bond acceptors (Lipinski definition) is 4. The smallest absolute Gasteiger partial charge is 0.277 e. The number of nitrogens with one attached hydrogen (secondary N) is 1. The molecular formula is C13H21N5O2. The topological polar surface area (TPSA) is 118 Å². The molecule has 1 unspecified atom stereocenters. The average Bonchev–Trinajstić information content (AvgIpc) is 2.79. The number of nitrogens with two attached hydrogens (primary N) is 2. The molecule has 1 fully saturated rings. The largest absolute Gasteiger partial charge is 0.395 e. The molecule has 1 aliphatic heterocycles. The van der Waals surface area contributed by atoms with E-state index in [1.54, 1.807) is 0 Å². The maximum atomic E-state index is 12.5. The van der Waals surface area contributed by atoms with Crippen molar-refractivity contribution in [2.75, 3.05) is 12.3 Å². The van der Waals surface area contributed by atoms with Crippen LogP contribution in [0.25, 0.3) is 0 Å². The molecular weight excluding hydrogens is 258 g/mol. The molecule has 1 saturated heterocycles. The van der Waals surface area contributed by atoms with Crippen LogP contribution in [0.15, 0.2) is 0 Å². The van der Waals surface area contributed by atoms with Gasteiger partial charge in [-0.3, -0.25) is 14.7 Å².